The summed E-state index contributed by atoms with van der Waals surface area (Å²) in [7, 11) is 0. The van der Waals surface area contributed by atoms with Crippen LogP contribution in [0.4, 0.5) is 0 Å². The monoisotopic (exact) mass is 572 g/mol. The van der Waals surface area contributed by atoms with Crippen LogP contribution >= 0.6 is 0 Å². The topological polar surface area (TPSA) is 123 Å². The van der Waals surface area contributed by atoms with Gasteiger partial charge in [-0.15, -0.1) is 0 Å². The lowest BCUT2D eigenvalue weighted by molar-refractivity contribution is -0.353. The molecule has 3 N–H and O–H groups in total. The summed E-state index contributed by atoms with van der Waals surface area (Å²) in [5, 5.41) is 31.0. The zero-order valence-electron chi connectivity index (χ0n) is 25.7. The third kappa shape index (κ3) is 14.1. The van der Waals surface area contributed by atoms with Gasteiger partial charge >= 0.3 is 11.9 Å². The molecule has 0 aliphatic carbocycles. The van der Waals surface area contributed by atoms with Gasteiger partial charge < -0.3 is 29.5 Å². The van der Waals surface area contributed by atoms with Crippen molar-refractivity contribution < 1.29 is 39.1 Å². The lowest BCUT2D eigenvalue weighted by Crippen LogP contribution is -2.67. The number of hydrogen-bond acceptors (Lipinski definition) is 8. The number of aliphatic hydroxyl groups excluding tert-OH is 3. The van der Waals surface area contributed by atoms with E-state index in [0.29, 0.717) is 12.8 Å². The number of hydrogen-bond donors (Lipinski definition) is 3. The third-order valence-corrected chi connectivity index (χ3v) is 8.01. The second-order valence-corrected chi connectivity index (χ2v) is 11.5. The van der Waals surface area contributed by atoms with E-state index >= 15 is 0 Å². The summed E-state index contributed by atoms with van der Waals surface area (Å²) < 4.78 is 17.2. The van der Waals surface area contributed by atoms with Crippen LogP contribution in [0.15, 0.2) is 0 Å². The highest BCUT2D eigenvalue weighted by atomic mass is 16.8. The first-order chi connectivity index (χ1) is 19.3. The fourth-order valence-electron chi connectivity index (χ4n) is 5.40. The van der Waals surface area contributed by atoms with Crippen molar-refractivity contribution >= 4 is 11.9 Å². The van der Waals surface area contributed by atoms with Gasteiger partial charge in [0.2, 0.25) is 0 Å². The van der Waals surface area contributed by atoms with Crippen molar-refractivity contribution in [2.24, 2.45) is 0 Å². The van der Waals surface area contributed by atoms with Crippen LogP contribution in [0.5, 0.6) is 0 Å². The minimum Gasteiger partial charge on any atom is -0.452 e. The number of carbonyl (C=O) groups excluding carboxylic acids is 2. The highest BCUT2D eigenvalue weighted by Crippen LogP contribution is 2.37. The minimum absolute atomic E-state index is 0.0900. The van der Waals surface area contributed by atoms with Crippen molar-refractivity contribution in [2.45, 2.75) is 186 Å². The van der Waals surface area contributed by atoms with Gasteiger partial charge in [0.1, 0.15) is 18.3 Å². The molecule has 5 atom stereocenters. The Bertz CT molecular complexity index is 657. The smallest absolute Gasteiger partial charge is 0.308 e. The maximum Gasteiger partial charge on any atom is 0.308 e. The Kier molecular flexibility index (Phi) is 20.6. The number of carbonyl (C=O) groups is 2. The number of aliphatic hydroxyl groups is 3. The molecule has 1 saturated heterocycles. The first-order valence-electron chi connectivity index (χ1n) is 16.4. The zero-order chi connectivity index (χ0) is 29.6. The van der Waals surface area contributed by atoms with E-state index in [-0.39, 0.29) is 19.3 Å². The molecule has 0 aromatic heterocycles. The molecule has 1 aliphatic rings. The van der Waals surface area contributed by atoms with E-state index in [1.165, 1.54) is 64.2 Å². The minimum atomic E-state index is -1.77. The van der Waals surface area contributed by atoms with Crippen LogP contribution in [-0.2, 0) is 23.8 Å². The fraction of sp³-hybridized carbons (Fsp3) is 0.938. The van der Waals surface area contributed by atoms with Crippen molar-refractivity contribution in [2.75, 3.05) is 6.61 Å². The Balaban J connectivity index is 2.57. The lowest BCUT2D eigenvalue weighted by Gasteiger charge is -2.48. The first kappa shape index (κ1) is 36.8. The molecule has 1 aliphatic heterocycles. The molecule has 236 valence electrons. The van der Waals surface area contributed by atoms with Gasteiger partial charge in [0.15, 0.2) is 6.10 Å². The van der Waals surface area contributed by atoms with E-state index < -0.39 is 48.7 Å². The zero-order valence-corrected chi connectivity index (χ0v) is 25.7. The summed E-state index contributed by atoms with van der Waals surface area (Å²) in [5.41, 5.74) is 0. The summed E-state index contributed by atoms with van der Waals surface area (Å²) >= 11 is 0. The van der Waals surface area contributed by atoms with E-state index in [2.05, 4.69) is 13.8 Å². The summed E-state index contributed by atoms with van der Waals surface area (Å²) in [4.78, 5) is 25.5. The SMILES string of the molecule is CCCCCCCCCCCC(=O)O[C@@H]1[C@@H](O)[C@H](O)[C@@H](CO)OC1(CC)OC(=O)CCCCCCCCCCC. The van der Waals surface area contributed by atoms with Gasteiger partial charge in [-0.3, -0.25) is 9.59 Å². The molecule has 1 fully saturated rings. The third-order valence-electron chi connectivity index (χ3n) is 8.01. The van der Waals surface area contributed by atoms with Crippen LogP contribution in [0.1, 0.15) is 156 Å². The van der Waals surface area contributed by atoms with Crippen LogP contribution in [-0.4, -0.2) is 64.1 Å². The molecule has 8 heteroatoms. The number of rotatable bonds is 24. The van der Waals surface area contributed by atoms with Gasteiger partial charge in [-0.1, -0.05) is 124 Å². The quantitative estimate of drug-likeness (QED) is 0.0885. The number of esters is 2. The summed E-state index contributed by atoms with van der Waals surface area (Å²) in [6, 6.07) is 0. The molecular formula is C32H60O8. The number of unbranched alkanes of at least 4 members (excludes halogenated alkanes) is 16. The molecule has 40 heavy (non-hydrogen) atoms. The van der Waals surface area contributed by atoms with Gasteiger partial charge in [-0.25, -0.2) is 0 Å². The standard InChI is InChI=1S/C32H60O8/c1-4-7-9-11-13-15-17-19-21-23-27(34)38-31-30(37)29(36)26(25-33)39-32(31,6-3)40-28(35)24-22-20-18-16-14-12-10-8-5-2/h26,29-31,33,36-37H,4-25H2,1-3H3/t26-,29-,30+,31-,32?/m1/s1. The normalized spacial score (nSPS) is 24.6. The average Bonchev–Trinajstić information content (AvgIpc) is 2.95. The molecule has 0 radical (unpaired) electrons. The summed E-state index contributed by atoms with van der Waals surface area (Å²) in [5.74, 6) is -2.81. The lowest BCUT2D eigenvalue weighted by atomic mass is 9.90. The van der Waals surface area contributed by atoms with Crippen LogP contribution < -0.4 is 0 Å². The highest BCUT2D eigenvalue weighted by Gasteiger charge is 2.57. The predicted octanol–water partition coefficient (Wildman–Crippen LogP) is 6.50. The summed E-state index contributed by atoms with van der Waals surface area (Å²) in [6.45, 7) is 5.54. The van der Waals surface area contributed by atoms with Crippen LogP contribution in [0.2, 0.25) is 0 Å². The Morgan fingerprint density at radius 2 is 1.07 bits per heavy atom. The van der Waals surface area contributed by atoms with Crippen molar-refractivity contribution in [3.05, 3.63) is 0 Å². The van der Waals surface area contributed by atoms with E-state index in [0.717, 1.165) is 38.5 Å². The molecule has 8 nitrogen and oxygen atoms in total. The molecule has 0 amide bonds. The van der Waals surface area contributed by atoms with E-state index in [9.17, 15) is 24.9 Å². The van der Waals surface area contributed by atoms with Gasteiger partial charge in [0.25, 0.3) is 5.79 Å². The highest BCUT2D eigenvalue weighted by molar-refractivity contribution is 5.71. The number of ether oxygens (including phenoxy) is 3. The van der Waals surface area contributed by atoms with Gasteiger partial charge in [0, 0.05) is 19.3 Å². The molecule has 1 heterocycles. The molecule has 0 aromatic carbocycles. The van der Waals surface area contributed by atoms with E-state index in [1.807, 2.05) is 0 Å². The predicted molar refractivity (Wildman–Crippen MR) is 157 cm³/mol. The van der Waals surface area contributed by atoms with E-state index in [1.54, 1.807) is 6.92 Å². The molecule has 1 unspecified atom stereocenters. The largest absolute Gasteiger partial charge is 0.452 e. The Morgan fingerprint density at radius 3 is 1.50 bits per heavy atom. The Hall–Kier alpha value is -1.22. The van der Waals surface area contributed by atoms with Gasteiger partial charge in [0.05, 0.1) is 6.61 Å². The maximum atomic E-state index is 12.8. The van der Waals surface area contributed by atoms with Crippen molar-refractivity contribution in [1.82, 2.24) is 0 Å². The second-order valence-electron chi connectivity index (χ2n) is 11.5. The van der Waals surface area contributed by atoms with Crippen molar-refractivity contribution in [3.63, 3.8) is 0 Å². The van der Waals surface area contributed by atoms with E-state index in [4.69, 9.17) is 14.2 Å². The van der Waals surface area contributed by atoms with Gasteiger partial charge in [-0.05, 0) is 12.8 Å². The first-order valence-corrected chi connectivity index (χ1v) is 16.4. The second kappa shape index (κ2) is 22.4. The summed E-state index contributed by atoms with van der Waals surface area (Å²) in [6.07, 6.45) is 15.0. The van der Waals surface area contributed by atoms with Crippen molar-refractivity contribution in [1.29, 1.82) is 0 Å². The Labute approximate surface area is 243 Å². The van der Waals surface area contributed by atoms with Crippen LogP contribution in [0.25, 0.3) is 0 Å². The molecule has 0 saturated carbocycles. The van der Waals surface area contributed by atoms with Crippen molar-refractivity contribution in [3.8, 4) is 0 Å². The average molecular weight is 573 g/mol. The van der Waals surface area contributed by atoms with Gasteiger partial charge in [-0.2, -0.15) is 0 Å². The van der Waals surface area contributed by atoms with Crippen LogP contribution in [0, 0.1) is 0 Å². The maximum absolute atomic E-state index is 12.8. The molecule has 0 aromatic rings. The molecule has 0 bridgehead atoms. The Morgan fingerprint density at radius 1 is 0.650 bits per heavy atom. The molecule has 1 rings (SSSR count). The van der Waals surface area contributed by atoms with Crippen LogP contribution in [0.3, 0.4) is 0 Å². The molecule has 0 spiro atoms. The molecular weight excluding hydrogens is 512 g/mol. The fourth-order valence-corrected chi connectivity index (χ4v) is 5.40.